The molecule has 0 saturated carbocycles. The van der Waals surface area contributed by atoms with Crippen molar-refractivity contribution in [1.82, 2.24) is 14.6 Å². The summed E-state index contributed by atoms with van der Waals surface area (Å²) in [4.78, 5) is 6.76. The molecule has 0 amide bonds. The molecule has 0 bridgehead atoms. The second-order valence-corrected chi connectivity index (χ2v) is 6.23. The third kappa shape index (κ3) is 2.93. The molecule has 3 aromatic rings. The number of nitrogens with zero attached hydrogens (tertiary/aromatic N) is 3. The van der Waals surface area contributed by atoms with E-state index in [1.807, 2.05) is 35.7 Å². The van der Waals surface area contributed by atoms with Gasteiger partial charge in [0.1, 0.15) is 4.90 Å². The predicted molar refractivity (Wildman–Crippen MR) is 90.1 cm³/mol. The second kappa shape index (κ2) is 6.37. The number of rotatable bonds is 5. The van der Waals surface area contributed by atoms with Crippen molar-refractivity contribution in [3.05, 3.63) is 47.8 Å². The van der Waals surface area contributed by atoms with Crippen LogP contribution in [0.4, 0.5) is 5.82 Å². The van der Waals surface area contributed by atoms with Crippen molar-refractivity contribution in [3.8, 4) is 0 Å². The van der Waals surface area contributed by atoms with Gasteiger partial charge in [0.2, 0.25) is 0 Å². The lowest BCUT2D eigenvalue weighted by Gasteiger charge is -2.05. The molecule has 3 rings (SSSR count). The van der Waals surface area contributed by atoms with E-state index in [1.165, 1.54) is 0 Å². The van der Waals surface area contributed by atoms with Gasteiger partial charge < -0.3 is 11.5 Å². The van der Waals surface area contributed by atoms with Gasteiger partial charge in [-0.2, -0.15) is 0 Å². The molecule has 6 heteroatoms. The third-order valence-corrected chi connectivity index (χ3v) is 4.51. The number of aryl methyl sites for hydroxylation is 2. The van der Waals surface area contributed by atoms with E-state index < -0.39 is 0 Å². The van der Waals surface area contributed by atoms with Crippen LogP contribution in [0.25, 0.3) is 5.65 Å². The number of nitrogen functional groups attached to an aromatic ring is 1. The van der Waals surface area contributed by atoms with E-state index in [0.29, 0.717) is 12.4 Å². The average molecular weight is 313 g/mol. The van der Waals surface area contributed by atoms with Crippen LogP contribution in [-0.2, 0) is 6.42 Å². The van der Waals surface area contributed by atoms with Gasteiger partial charge in [0.25, 0.3) is 0 Å². The average Bonchev–Trinajstić information content (AvgIpc) is 2.83. The van der Waals surface area contributed by atoms with Crippen molar-refractivity contribution in [2.45, 2.75) is 29.6 Å². The molecule has 0 atom stereocenters. The quantitative estimate of drug-likeness (QED) is 0.756. The largest absolute Gasteiger partial charge is 0.381 e. The summed E-state index contributed by atoms with van der Waals surface area (Å²) in [7, 11) is 0. The monoisotopic (exact) mass is 313 g/mol. The molecule has 0 aliphatic carbocycles. The highest BCUT2D eigenvalue weighted by molar-refractivity contribution is 7.99. The molecule has 2 aromatic heterocycles. The number of benzene rings is 1. The van der Waals surface area contributed by atoms with Crippen LogP contribution in [-0.4, -0.2) is 21.1 Å². The maximum absolute atomic E-state index is 6.11. The molecule has 5 nitrogen and oxygen atoms in total. The summed E-state index contributed by atoms with van der Waals surface area (Å²) < 4.78 is 1.81. The van der Waals surface area contributed by atoms with E-state index in [1.54, 1.807) is 11.8 Å². The standard InChI is InChI=1S/C16H19N5S/c1-11-10-12(6-5-9-17)19-16-14(15(18)20-21(11)16)22-13-7-3-2-4-8-13/h2-4,7-8,10H,5-6,9,17H2,1H3,(H2,18,20). The molecule has 0 saturated heterocycles. The van der Waals surface area contributed by atoms with Crippen molar-refractivity contribution < 1.29 is 0 Å². The lowest BCUT2D eigenvalue weighted by Crippen LogP contribution is -2.04. The Hall–Kier alpha value is -2.05. The highest BCUT2D eigenvalue weighted by atomic mass is 32.2. The van der Waals surface area contributed by atoms with Crippen LogP contribution in [0.15, 0.2) is 46.2 Å². The Morgan fingerprint density at radius 1 is 1.23 bits per heavy atom. The van der Waals surface area contributed by atoms with Crippen molar-refractivity contribution >= 4 is 23.2 Å². The molecule has 1 aromatic carbocycles. The van der Waals surface area contributed by atoms with E-state index >= 15 is 0 Å². The summed E-state index contributed by atoms with van der Waals surface area (Å²) in [6.07, 6.45) is 1.79. The molecular formula is C16H19N5S. The maximum atomic E-state index is 6.11. The van der Waals surface area contributed by atoms with Crippen LogP contribution >= 0.6 is 11.8 Å². The number of fused-ring (bicyclic) bond motifs is 1. The molecule has 2 heterocycles. The first kappa shape index (κ1) is 14.9. The third-order valence-electron chi connectivity index (χ3n) is 3.40. The minimum absolute atomic E-state index is 0.514. The van der Waals surface area contributed by atoms with Gasteiger partial charge in [-0.15, -0.1) is 5.10 Å². The normalized spacial score (nSPS) is 11.2. The lowest BCUT2D eigenvalue weighted by atomic mass is 10.2. The number of anilines is 1. The minimum Gasteiger partial charge on any atom is -0.381 e. The van der Waals surface area contributed by atoms with Gasteiger partial charge in [-0.1, -0.05) is 30.0 Å². The maximum Gasteiger partial charge on any atom is 0.171 e. The minimum atomic E-state index is 0.514. The Morgan fingerprint density at radius 2 is 2.00 bits per heavy atom. The molecule has 22 heavy (non-hydrogen) atoms. The van der Waals surface area contributed by atoms with E-state index in [4.69, 9.17) is 16.5 Å². The van der Waals surface area contributed by atoms with Crippen LogP contribution in [0.2, 0.25) is 0 Å². The van der Waals surface area contributed by atoms with Gasteiger partial charge in [0, 0.05) is 16.3 Å². The zero-order valence-corrected chi connectivity index (χ0v) is 13.3. The van der Waals surface area contributed by atoms with Crippen LogP contribution in [0.1, 0.15) is 17.8 Å². The van der Waals surface area contributed by atoms with Crippen LogP contribution in [0, 0.1) is 6.92 Å². The summed E-state index contributed by atoms with van der Waals surface area (Å²) in [6, 6.07) is 12.2. The first-order valence-corrected chi connectivity index (χ1v) is 8.08. The van der Waals surface area contributed by atoms with Crippen LogP contribution in [0.5, 0.6) is 0 Å². The first-order chi connectivity index (χ1) is 10.7. The first-order valence-electron chi connectivity index (χ1n) is 7.26. The van der Waals surface area contributed by atoms with E-state index in [9.17, 15) is 0 Å². The molecule has 114 valence electrons. The zero-order chi connectivity index (χ0) is 15.5. The summed E-state index contributed by atoms with van der Waals surface area (Å²) in [6.45, 7) is 2.68. The topological polar surface area (TPSA) is 82.2 Å². The second-order valence-electron chi connectivity index (χ2n) is 5.15. The Bertz CT molecular complexity index is 782. The Balaban J connectivity index is 2.05. The Kier molecular flexibility index (Phi) is 4.31. The molecule has 0 fully saturated rings. The van der Waals surface area contributed by atoms with Crippen molar-refractivity contribution in [3.63, 3.8) is 0 Å². The van der Waals surface area contributed by atoms with Crippen molar-refractivity contribution in [1.29, 1.82) is 0 Å². The predicted octanol–water partition coefficient (Wildman–Crippen LogP) is 2.66. The number of hydrogen-bond donors (Lipinski definition) is 2. The molecule has 0 unspecified atom stereocenters. The molecule has 0 radical (unpaired) electrons. The number of hydrogen-bond acceptors (Lipinski definition) is 5. The van der Waals surface area contributed by atoms with Gasteiger partial charge in [-0.3, -0.25) is 0 Å². The van der Waals surface area contributed by atoms with Gasteiger partial charge in [-0.05, 0) is 44.5 Å². The van der Waals surface area contributed by atoms with E-state index in [2.05, 4.69) is 17.2 Å². The summed E-state index contributed by atoms with van der Waals surface area (Å²) in [5.74, 6) is 0.514. The van der Waals surface area contributed by atoms with E-state index in [0.717, 1.165) is 39.7 Å². The summed E-state index contributed by atoms with van der Waals surface area (Å²) in [5.41, 5.74) is 14.6. The van der Waals surface area contributed by atoms with Gasteiger partial charge in [0.05, 0.1) is 0 Å². The summed E-state index contributed by atoms with van der Waals surface area (Å²) >= 11 is 1.60. The Labute approximate surface area is 133 Å². The fourth-order valence-electron chi connectivity index (χ4n) is 2.34. The fraction of sp³-hybridized carbons (Fsp3) is 0.250. The lowest BCUT2D eigenvalue weighted by molar-refractivity contribution is 0.795. The van der Waals surface area contributed by atoms with Gasteiger partial charge >= 0.3 is 0 Å². The highest BCUT2D eigenvalue weighted by Gasteiger charge is 2.15. The zero-order valence-electron chi connectivity index (χ0n) is 12.5. The SMILES string of the molecule is Cc1cc(CCCN)nc2c(Sc3ccccc3)c(N)nn12. The molecule has 0 aliphatic heterocycles. The van der Waals surface area contributed by atoms with Crippen molar-refractivity contribution in [2.24, 2.45) is 5.73 Å². The van der Waals surface area contributed by atoms with E-state index in [-0.39, 0.29) is 0 Å². The fourth-order valence-corrected chi connectivity index (χ4v) is 3.24. The highest BCUT2D eigenvalue weighted by Crippen LogP contribution is 2.34. The molecule has 0 aliphatic rings. The molecular weight excluding hydrogens is 294 g/mol. The number of nitrogens with two attached hydrogens (primary N) is 2. The smallest absolute Gasteiger partial charge is 0.171 e. The van der Waals surface area contributed by atoms with Crippen LogP contribution in [0.3, 0.4) is 0 Å². The van der Waals surface area contributed by atoms with Gasteiger partial charge in [-0.25, -0.2) is 9.50 Å². The molecule has 0 spiro atoms. The van der Waals surface area contributed by atoms with Crippen molar-refractivity contribution in [2.75, 3.05) is 12.3 Å². The summed E-state index contributed by atoms with van der Waals surface area (Å²) in [5, 5.41) is 4.42. The Morgan fingerprint density at radius 3 is 2.73 bits per heavy atom. The van der Waals surface area contributed by atoms with Crippen LogP contribution < -0.4 is 11.5 Å². The number of aromatic nitrogens is 3. The van der Waals surface area contributed by atoms with Gasteiger partial charge in [0.15, 0.2) is 11.5 Å². The molecule has 4 N–H and O–H groups in total.